The Bertz CT molecular complexity index is 643. The highest BCUT2D eigenvalue weighted by molar-refractivity contribution is 6.38. The maximum absolute atomic E-state index is 11.6. The molecule has 0 spiro atoms. The molecule has 0 bridgehead atoms. The van der Waals surface area contributed by atoms with E-state index in [1.54, 1.807) is 12.1 Å². The summed E-state index contributed by atoms with van der Waals surface area (Å²) in [5.74, 6) is -0.0498. The van der Waals surface area contributed by atoms with Crippen molar-refractivity contribution in [2.24, 2.45) is 0 Å². The lowest BCUT2D eigenvalue weighted by Gasteiger charge is -2.10. The number of fused-ring (bicyclic) bond motifs is 1. The molecular weight excluding hydrogens is 289 g/mol. The number of benzene rings is 1. The number of halogens is 2. The van der Waals surface area contributed by atoms with Crippen LogP contribution in [0.1, 0.15) is 17.4 Å². The van der Waals surface area contributed by atoms with Crippen LogP contribution >= 0.6 is 23.2 Å². The lowest BCUT2D eigenvalue weighted by Crippen LogP contribution is -2.06. The van der Waals surface area contributed by atoms with Gasteiger partial charge in [0.1, 0.15) is 5.75 Å². The fraction of sp³-hybridized carbons (Fsp3) is 0.231. The molecule has 2 rings (SSSR count). The molecule has 1 aromatic carbocycles. The second kappa shape index (κ2) is 5.63. The lowest BCUT2D eigenvalue weighted by molar-refractivity contribution is 0.0594. The zero-order valence-corrected chi connectivity index (χ0v) is 11.9. The van der Waals surface area contributed by atoms with Gasteiger partial charge in [0.25, 0.3) is 0 Å². The Morgan fingerprint density at radius 1 is 1.32 bits per heavy atom. The van der Waals surface area contributed by atoms with Gasteiger partial charge in [-0.05, 0) is 19.1 Å². The number of ether oxygens (including phenoxy) is 2. The van der Waals surface area contributed by atoms with E-state index in [1.165, 1.54) is 13.2 Å². The van der Waals surface area contributed by atoms with Crippen molar-refractivity contribution in [1.82, 2.24) is 4.98 Å². The number of esters is 1. The number of carbonyl (C=O) groups excluding carboxylic acids is 1. The highest BCUT2D eigenvalue weighted by atomic mass is 35.5. The van der Waals surface area contributed by atoms with Crippen molar-refractivity contribution in [3.63, 3.8) is 0 Å². The van der Waals surface area contributed by atoms with Crippen LogP contribution in [0.15, 0.2) is 18.2 Å². The molecular formula is C13H11Cl2NO3. The van der Waals surface area contributed by atoms with E-state index >= 15 is 0 Å². The molecule has 0 radical (unpaired) electrons. The maximum Gasteiger partial charge on any atom is 0.356 e. The predicted molar refractivity (Wildman–Crippen MR) is 74.3 cm³/mol. The fourth-order valence-corrected chi connectivity index (χ4v) is 2.24. The zero-order chi connectivity index (χ0) is 14.0. The Labute approximate surface area is 120 Å². The Kier molecular flexibility index (Phi) is 4.12. The van der Waals surface area contributed by atoms with Gasteiger partial charge in [-0.1, -0.05) is 23.2 Å². The summed E-state index contributed by atoms with van der Waals surface area (Å²) in [7, 11) is 1.29. The van der Waals surface area contributed by atoms with E-state index in [0.717, 1.165) is 0 Å². The van der Waals surface area contributed by atoms with Gasteiger partial charge in [0.05, 0.1) is 24.3 Å². The third-order valence-corrected chi connectivity index (χ3v) is 2.99. The van der Waals surface area contributed by atoms with Gasteiger partial charge in [-0.2, -0.15) is 0 Å². The third-order valence-electron chi connectivity index (χ3n) is 2.49. The summed E-state index contributed by atoms with van der Waals surface area (Å²) in [6.45, 7) is 2.29. The Morgan fingerprint density at radius 2 is 2.05 bits per heavy atom. The first kappa shape index (κ1) is 13.9. The topological polar surface area (TPSA) is 48.4 Å². The van der Waals surface area contributed by atoms with Crippen LogP contribution in [0.25, 0.3) is 10.9 Å². The standard InChI is InChI=1S/C13H11Cl2NO3/c1-3-19-11-6-10(13(17)18-2)16-12-8(11)4-7(14)5-9(12)15/h4-6H,3H2,1-2H3. The molecule has 0 saturated carbocycles. The van der Waals surface area contributed by atoms with Gasteiger partial charge < -0.3 is 9.47 Å². The molecule has 0 unspecified atom stereocenters. The molecule has 0 saturated heterocycles. The molecule has 4 nitrogen and oxygen atoms in total. The van der Waals surface area contributed by atoms with Crippen LogP contribution in [0, 0.1) is 0 Å². The predicted octanol–water partition coefficient (Wildman–Crippen LogP) is 3.73. The van der Waals surface area contributed by atoms with Crippen LogP contribution < -0.4 is 4.74 Å². The van der Waals surface area contributed by atoms with Crippen molar-refractivity contribution < 1.29 is 14.3 Å². The van der Waals surface area contributed by atoms with Crippen molar-refractivity contribution in [2.45, 2.75) is 6.92 Å². The quantitative estimate of drug-likeness (QED) is 0.810. The van der Waals surface area contributed by atoms with Crippen molar-refractivity contribution in [3.05, 3.63) is 33.9 Å². The molecule has 0 amide bonds. The number of aromatic nitrogens is 1. The van der Waals surface area contributed by atoms with E-state index in [4.69, 9.17) is 27.9 Å². The van der Waals surface area contributed by atoms with E-state index < -0.39 is 5.97 Å². The Hall–Kier alpha value is -1.52. The van der Waals surface area contributed by atoms with Crippen molar-refractivity contribution in [2.75, 3.05) is 13.7 Å². The summed E-state index contributed by atoms with van der Waals surface area (Å²) in [6, 6.07) is 4.78. The summed E-state index contributed by atoms with van der Waals surface area (Å²) in [5, 5.41) is 1.49. The molecule has 0 fully saturated rings. The second-order valence-corrected chi connectivity index (χ2v) is 4.56. The van der Waals surface area contributed by atoms with Crippen LogP contribution in [0.5, 0.6) is 5.75 Å². The fourth-order valence-electron chi connectivity index (χ4n) is 1.71. The van der Waals surface area contributed by atoms with Crippen LogP contribution in [0.3, 0.4) is 0 Å². The average molecular weight is 300 g/mol. The summed E-state index contributed by atoms with van der Waals surface area (Å²) < 4.78 is 10.2. The average Bonchev–Trinajstić information content (AvgIpc) is 2.38. The summed E-state index contributed by atoms with van der Waals surface area (Å²) >= 11 is 12.1. The molecule has 6 heteroatoms. The van der Waals surface area contributed by atoms with Crippen LogP contribution in [0.4, 0.5) is 0 Å². The van der Waals surface area contributed by atoms with Gasteiger partial charge in [-0.15, -0.1) is 0 Å². The molecule has 0 atom stereocenters. The minimum Gasteiger partial charge on any atom is -0.493 e. The number of carbonyl (C=O) groups is 1. The van der Waals surface area contributed by atoms with Crippen molar-refractivity contribution in [3.8, 4) is 5.75 Å². The van der Waals surface area contributed by atoms with Gasteiger partial charge in [-0.3, -0.25) is 0 Å². The molecule has 1 aromatic heterocycles. The first-order valence-corrected chi connectivity index (χ1v) is 6.33. The minimum atomic E-state index is -0.547. The molecule has 19 heavy (non-hydrogen) atoms. The largest absolute Gasteiger partial charge is 0.493 e. The molecule has 100 valence electrons. The number of methoxy groups -OCH3 is 1. The smallest absolute Gasteiger partial charge is 0.356 e. The monoisotopic (exact) mass is 299 g/mol. The Balaban J connectivity index is 2.75. The van der Waals surface area contributed by atoms with Gasteiger partial charge in [0.2, 0.25) is 0 Å². The van der Waals surface area contributed by atoms with Gasteiger partial charge in [-0.25, -0.2) is 9.78 Å². The summed E-state index contributed by atoms with van der Waals surface area (Å²) in [6.07, 6.45) is 0. The second-order valence-electron chi connectivity index (χ2n) is 3.71. The zero-order valence-electron chi connectivity index (χ0n) is 10.4. The van der Waals surface area contributed by atoms with Crippen LogP contribution in [0.2, 0.25) is 10.0 Å². The van der Waals surface area contributed by atoms with Crippen LogP contribution in [-0.2, 0) is 4.74 Å². The van der Waals surface area contributed by atoms with Gasteiger partial charge >= 0.3 is 5.97 Å². The minimum absolute atomic E-state index is 0.141. The third kappa shape index (κ3) is 2.74. The van der Waals surface area contributed by atoms with E-state index in [-0.39, 0.29) is 5.69 Å². The SMILES string of the molecule is CCOc1cc(C(=O)OC)nc2c(Cl)cc(Cl)cc12. The normalized spacial score (nSPS) is 10.5. The molecule has 0 N–H and O–H groups in total. The van der Waals surface area contributed by atoms with Crippen molar-refractivity contribution in [1.29, 1.82) is 0 Å². The lowest BCUT2D eigenvalue weighted by atomic mass is 10.1. The molecule has 0 aliphatic carbocycles. The number of nitrogens with zero attached hydrogens (tertiary/aromatic N) is 1. The highest BCUT2D eigenvalue weighted by Crippen LogP contribution is 2.33. The number of hydrogen-bond donors (Lipinski definition) is 0. The van der Waals surface area contributed by atoms with Crippen molar-refractivity contribution >= 4 is 40.1 Å². The van der Waals surface area contributed by atoms with E-state index in [9.17, 15) is 4.79 Å². The van der Waals surface area contributed by atoms with Crippen LogP contribution in [-0.4, -0.2) is 24.7 Å². The molecule has 0 aliphatic heterocycles. The van der Waals surface area contributed by atoms with E-state index in [0.29, 0.717) is 33.3 Å². The van der Waals surface area contributed by atoms with Gasteiger partial charge in [0.15, 0.2) is 5.69 Å². The molecule has 2 aromatic rings. The van der Waals surface area contributed by atoms with E-state index in [2.05, 4.69) is 9.72 Å². The first-order chi connectivity index (χ1) is 9.06. The van der Waals surface area contributed by atoms with E-state index in [1.807, 2.05) is 6.92 Å². The number of hydrogen-bond acceptors (Lipinski definition) is 4. The summed E-state index contributed by atoms with van der Waals surface area (Å²) in [5.41, 5.74) is 0.597. The molecule has 0 aliphatic rings. The summed E-state index contributed by atoms with van der Waals surface area (Å²) in [4.78, 5) is 15.8. The Morgan fingerprint density at radius 3 is 2.68 bits per heavy atom. The number of pyridine rings is 1. The number of rotatable bonds is 3. The maximum atomic E-state index is 11.6. The van der Waals surface area contributed by atoms with Gasteiger partial charge in [0, 0.05) is 16.5 Å². The highest BCUT2D eigenvalue weighted by Gasteiger charge is 2.15. The first-order valence-electron chi connectivity index (χ1n) is 5.57. The molecule has 1 heterocycles.